The van der Waals surface area contributed by atoms with Gasteiger partial charge in [-0.15, -0.1) is 0 Å². The highest BCUT2D eigenvalue weighted by molar-refractivity contribution is 5.91. The number of Topliss-reactive ketones (excluding diaryl/α,β-unsaturated/α-hetero) is 1. The number of aromatic amines is 2. The van der Waals surface area contributed by atoms with E-state index in [4.69, 9.17) is 28.9 Å². The zero-order valence-electron chi connectivity index (χ0n) is 38.6. The number of alkyl halides is 2. The number of aromatic nitrogens is 4. The molecule has 5 heterocycles. The Morgan fingerprint density at radius 1 is 0.691 bits per heavy atom. The Morgan fingerprint density at radius 2 is 1.21 bits per heavy atom. The average Bonchev–Trinajstić information content (AvgIpc) is 3.88. The lowest BCUT2D eigenvalue weighted by Crippen LogP contribution is -2.55. The second kappa shape index (κ2) is 19.0. The molecule has 362 valence electrons. The molecule has 1 unspecified atom stereocenters. The average molecular weight is 938 g/mol. The van der Waals surface area contributed by atoms with Gasteiger partial charge in [-0.25, -0.2) is 23.9 Å². The largest absolute Gasteiger partial charge is 0.453 e. The normalized spacial score (nSPS) is 27.6. The van der Waals surface area contributed by atoms with Crippen molar-refractivity contribution in [1.82, 2.24) is 35.5 Å². The summed E-state index contributed by atoms with van der Waals surface area (Å²) in [7, 11) is 2.55. The van der Waals surface area contributed by atoms with Gasteiger partial charge in [-0.3, -0.25) is 14.0 Å². The Labute approximate surface area is 394 Å². The van der Waals surface area contributed by atoms with Gasteiger partial charge >= 0.3 is 12.2 Å². The van der Waals surface area contributed by atoms with Crippen LogP contribution in [0.15, 0.2) is 60.9 Å². The molecule has 6 fully saturated rings. The van der Waals surface area contributed by atoms with Gasteiger partial charge in [-0.1, -0.05) is 48.5 Å². The van der Waals surface area contributed by atoms with E-state index in [0.717, 1.165) is 59.3 Å². The highest BCUT2D eigenvalue weighted by Crippen LogP contribution is 2.51. The predicted molar refractivity (Wildman–Crippen MR) is 246 cm³/mol. The zero-order chi connectivity index (χ0) is 47.2. The number of hydrogen-bond acceptors (Lipinski definition) is 10. The molecule has 0 bridgehead atoms. The third-order valence-electron chi connectivity index (χ3n) is 15.9. The standard InChI is InChI=1S/C51H61F2N7O8/c1-65-48(63)58-42(33-15-21-67-50(23-33)17-18-50)44(61)41-35(25-52)11-13-37(41)45-54-27-38(56-45)31-7-3-29(4-8-31)30-5-9-32(10-6-30)39-28-55-46(57-39)40-14-12-36(26-53)60(40)47(62)43(59-49(64)66-2)34-16-22-68-51(24-34)19-20-51/h3-10,27-28,33-37,40-43H,11-26H2,1-2H3,(H,54,56)(H,55,57)(H,58,63)(H,59,64)/t33-,34-,35+,36+,37+,40-,41?,42-,43-/m0/s1. The van der Waals surface area contributed by atoms with Gasteiger partial charge in [0.05, 0.1) is 74.0 Å². The fraction of sp³-hybridized carbons (Fsp3) is 0.569. The summed E-state index contributed by atoms with van der Waals surface area (Å²) in [5.74, 6) is -1.05. The Hall–Kier alpha value is -5.68. The summed E-state index contributed by atoms with van der Waals surface area (Å²) >= 11 is 0. The van der Waals surface area contributed by atoms with Crippen LogP contribution < -0.4 is 10.6 Å². The Balaban J connectivity index is 0.813. The number of halogens is 2. The number of alkyl carbamates (subject to hydrolysis) is 2. The first kappa shape index (κ1) is 46.1. The number of nitrogens with one attached hydrogen (secondary N) is 4. The van der Waals surface area contributed by atoms with E-state index in [9.17, 15) is 28.0 Å². The maximum Gasteiger partial charge on any atom is 0.407 e. The lowest BCUT2D eigenvalue weighted by atomic mass is 9.76. The van der Waals surface area contributed by atoms with Gasteiger partial charge in [0.15, 0.2) is 5.78 Å². The van der Waals surface area contributed by atoms with Crippen LogP contribution >= 0.6 is 0 Å². The summed E-state index contributed by atoms with van der Waals surface area (Å²) in [6.07, 6.45) is 10.5. The van der Waals surface area contributed by atoms with E-state index in [2.05, 4.69) is 20.6 Å². The minimum absolute atomic E-state index is 0.125. The van der Waals surface area contributed by atoms with E-state index >= 15 is 0 Å². The number of carbonyl (C=O) groups is 4. The molecular weight excluding hydrogens is 877 g/mol. The maximum atomic E-state index is 14.6. The fourth-order valence-electron chi connectivity index (χ4n) is 11.9. The number of methoxy groups -OCH3 is 2. The van der Waals surface area contributed by atoms with E-state index < -0.39 is 61.5 Å². The van der Waals surface area contributed by atoms with E-state index in [1.165, 1.54) is 14.2 Å². The number of benzene rings is 2. The molecule has 3 amide bonds. The van der Waals surface area contributed by atoms with Crippen LogP contribution in [-0.2, 0) is 28.5 Å². The number of likely N-dealkylation sites (tertiary alicyclic amines) is 1. The van der Waals surface area contributed by atoms with Crippen molar-refractivity contribution in [1.29, 1.82) is 0 Å². The molecule has 0 radical (unpaired) electrons. The third kappa shape index (κ3) is 9.15. The summed E-state index contributed by atoms with van der Waals surface area (Å²) in [6, 6.07) is 13.3. The van der Waals surface area contributed by atoms with Crippen LogP contribution in [-0.4, -0.2) is 119 Å². The number of ether oxygens (including phenoxy) is 4. The molecule has 15 nitrogen and oxygen atoms in total. The van der Waals surface area contributed by atoms with Gasteiger partial charge in [0.2, 0.25) is 5.91 Å². The summed E-state index contributed by atoms with van der Waals surface area (Å²) in [4.78, 5) is 71.9. The monoisotopic (exact) mass is 937 g/mol. The highest BCUT2D eigenvalue weighted by Gasteiger charge is 2.54. The first-order chi connectivity index (χ1) is 33.0. The molecule has 2 aromatic carbocycles. The zero-order valence-corrected chi connectivity index (χ0v) is 38.6. The van der Waals surface area contributed by atoms with Crippen molar-refractivity contribution < 1.29 is 46.9 Å². The molecule has 4 N–H and O–H groups in total. The fourth-order valence-corrected chi connectivity index (χ4v) is 11.9. The van der Waals surface area contributed by atoms with Crippen molar-refractivity contribution in [3.63, 3.8) is 0 Å². The van der Waals surface area contributed by atoms with Crippen molar-refractivity contribution in [2.45, 2.75) is 118 Å². The Morgan fingerprint density at radius 3 is 1.74 bits per heavy atom. The minimum atomic E-state index is -0.876. The predicted octanol–water partition coefficient (Wildman–Crippen LogP) is 8.15. The second-order valence-electron chi connectivity index (χ2n) is 20.0. The molecule has 3 saturated carbocycles. The van der Waals surface area contributed by atoms with Crippen LogP contribution in [0.25, 0.3) is 33.6 Å². The second-order valence-corrected chi connectivity index (χ2v) is 20.0. The van der Waals surface area contributed by atoms with E-state index in [1.807, 2.05) is 48.5 Å². The van der Waals surface area contributed by atoms with Crippen LogP contribution in [0.4, 0.5) is 18.4 Å². The number of rotatable bonds is 14. The number of ketones is 1. The lowest BCUT2D eigenvalue weighted by molar-refractivity contribution is -0.140. The summed E-state index contributed by atoms with van der Waals surface area (Å²) in [5.41, 5.74) is 4.86. The number of carbonyl (C=O) groups excluding carboxylic acids is 4. The third-order valence-corrected chi connectivity index (χ3v) is 15.9. The number of amides is 3. The van der Waals surface area contributed by atoms with Gasteiger partial charge in [0.1, 0.15) is 24.4 Å². The van der Waals surface area contributed by atoms with Crippen LogP contribution in [0.2, 0.25) is 0 Å². The van der Waals surface area contributed by atoms with Crippen molar-refractivity contribution in [3.8, 4) is 33.6 Å². The van der Waals surface area contributed by atoms with E-state index in [1.54, 1.807) is 17.3 Å². The van der Waals surface area contributed by atoms with Crippen molar-refractivity contribution in [2.24, 2.45) is 23.7 Å². The van der Waals surface area contributed by atoms with Gasteiger partial charge in [-0.2, -0.15) is 0 Å². The van der Waals surface area contributed by atoms with E-state index in [-0.39, 0.29) is 40.6 Å². The minimum Gasteiger partial charge on any atom is -0.453 e. The Bertz CT molecular complexity index is 2300. The van der Waals surface area contributed by atoms with Crippen LogP contribution in [0.5, 0.6) is 0 Å². The first-order valence-corrected chi connectivity index (χ1v) is 24.3. The van der Waals surface area contributed by atoms with Gasteiger partial charge in [-0.05, 0) is 117 Å². The smallest absolute Gasteiger partial charge is 0.407 e. The molecule has 4 aromatic rings. The molecule has 2 aromatic heterocycles. The van der Waals surface area contributed by atoms with E-state index in [0.29, 0.717) is 76.2 Å². The van der Waals surface area contributed by atoms with Crippen molar-refractivity contribution in [2.75, 3.05) is 40.8 Å². The first-order valence-electron chi connectivity index (χ1n) is 24.3. The molecule has 3 aliphatic carbocycles. The van der Waals surface area contributed by atoms with Crippen molar-refractivity contribution >= 4 is 23.9 Å². The van der Waals surface area contributed by atoms with Gasteiger partial charge in [0.25, 0.3) is 0 Å². The van der Waals surface area contributed by atoms with Crippen LogP contribution in [0, 0.1) is 23.7 Å². The number of imidazole rings is 2. The SMILES string of the molecule is COC(=O)N[C@H](C(=O)C1[C@@H](CF)CC[C@H]1c1ncc(-c2ccc(-c3ccc(-c4cnc([C@@H]5CC[C@H](CF)N5C(=O)[C@@H](NC(=O)OC)[C@H]5CCOC6(CC6)C5)[nH]4)cc3)cc2)[nH]1)[C@H]1CCOC2(CC2)C1. The van der Waals surface area contributed by atoms with Crippen LogP contribution in [0.1, 0.15) is 101 Å². The van der Waals surface area contributed by atoms with Crippen molar-refractivity contribution in [3.05, 3.63) is 72.6 Å². The summed E-state index contributed by atoms with van der Waals surface area (Å²) in [6.45, 7) is -0.312. The topological polar surface area (TPSA) is 190 Å². The molecule has 6 aliphatic rings. The number of hydrogen-bond donors (Lipinski definition) is 4. The van der Waals surface area contributed by atoms with Gasteiger partial charge < -0.3 is 44.4 Å². The maximum absolute atomic E-state index is 14.6. The molecule has 68 heavy (non-hydrogen) atoms. The van der Waals surface area contributed by atoms with Gasteiger partial charge in [0, 0.05) is 25.0 Å². The molecule has 2 spiro atoms. The summed E-state index contributed by atoms with van der Waals surface area (Å²) in [5, 5.41) is 5.63. The van der Waals surface area contributed by atoms with Crippen LogP contribution in [0.3, 0.4) is 0 Å². The molecule has 3 aliphatic heterocycles. The Kier molecular flexibility index (Phi) is 12.9. The number of H-pyrrole nitrogens is 2. The molecule has 10 rings (SSSR count). The molecule has 3 saturated heterocycles. The molecule has 9 atom stereocenters. The molecular formula is C51H61F2N7O8. The molecule has 17 heteroatoms. The summed E-state index contributed by atoms with van der Waals surface area (Å²) < 4.78 is 51.1. The highest BCUT2D eigenvalue weighted by atomic mass is 19.1. The lowest BCUT2D eigenvalue weighted by Gasteiger charge is -2.38. The number of nitrogens with zero attached hydrogens (tertiary/aromatic N) is 3. The quantitative estimate of drug-likeness (QED) is 0.0960.